The van der Waals surface area contributed by atoms with Gasteiger partial charge in [-0.15, -0.1) is 0 Å². The fraction of sp³-hybridized carbons (Fsp3) is 0.600. The predicted octanol–water partition coefficient (Wildman–Crippen LogP) is 1.92. The number of nitrogens with zero attached hydrogens (tertiary/aromatic N) is 1. The van der Waals surface area contributed by atoms with Crippen LogP contribution in [-0.2, 0) is 21.4 Å². The van der Waals surface area contributed by atoms with Crippen LogP contribution in [0.5, 0.6) is 0 Å². The van der Waals surface area contributed by atoms with Crippen LogP contribution in [0.15, 0.2) is 24.3 Å². The van der Waals surface area contributed by atoms with Crippen LogP contribution in [0.1, 0.15) is 18.4 Å². The first kappa shape index (κ1) is 16.3. The van der Waals surface area contributed by atoms with Gasteiger partial charge in [-0.25, -0.2) is 12.7 Å². The van der Waals surface area contributed by atoms with Crippen molar-refractivity contribution in [2.24, 2.45) is 5.92 Å². The summed E-state index contributed by atoms with van der Waals surface area (Å²) >= 11 is 0. The van der Waals surface area contributed by atoms with Crippen LogP contribution in [0.2, 0.25) is 0 Å². The van der Waals surface area contributed by atoms with E-state index in [-0.39, 0.29) is 0 Å². The Morgan fingerprint density at radius 3 is 2.86 bits per heavy atom. The molecule has 0 aromatic heterocycles. The number of anilines is 1. The minimum absolute atomic E-state index is 0.351. The molecule has 6 heteroatoms. The molecule has 0 amide bonds. The number of rotatable bonds is 6. The zero-order valence-electron chi connectivity index (χ0n) is 12.7. The van der Waals surface area contributed by atoms with E-state index in [1.807, 2.05) is 24.3 Å². The van der Waals surface area contributed by atoms with Gasteiger partial charge in [0.2, 0.25) is 10.0 Å². The van der Waals surface area contributed by atoms with Crippen molar-refractivity contribution in [2.75, 3.05) is 38.3 Å². The largest absolute Gasteiger partial charge is 0.384 e. The minimum Gasteiger partial charge on any atom is -0.384 e. The highest BCUT2D eigenvalue weighted by atomic mass is 32.2. The molecule has 0 spiro atoms. The molecule has 1 heterocycles. The molecule has 1 aliphatic heterocycles. The highest BCUT2D eigenvalue weighted by molar-refractivity contribution is 7.88. The summed E-state index contributed by atoms with van der Waals surface area (Å²) in [6.45, 7) is 2.62. The van der Waals surface area contributed by atoms with Crippen molar-refractivity contribution in [3.63, 3.8) is 0 Å². The third kappa shape index (κ3) is 4.69. The Bertz CT molecular complexity index is 560. The van der Waals surface area contributed by atoms with Crippen molar-refractivity contribution >= 4 is 15.7 Å². The number of piperidine rings is 1. The summed E-state index contributed by atoms with van der Waals surface area (Å²) in [5, 5.41) is 3.44. The monoisotopic (exact) mass is 312 g/mol. The summed E-state index contributed by atoms with van der Waals surface area (Å²) in [5.41, 5.74) is 2.19. The summed E-state index contributed by atoms with van der Waals surface area (Å²) in [6, 6.07) is 8.05. The van der Waals surface area contributed by atoms with Crippen molar-refractivity contribution in [3.8, 4) is 0 Å². The Balaban J connectivity index is 1.94. The van der Waals surface area contributed by atoms with Gasteiger partial charge < -0.3 is 10.1 Å². The maximum absolute atomic E-state index is 11.6. The van der Waals surface area contributed by atoms with E-state index in [4.69, 9.17) is 4.74 Å². The number of benzene rings is 1. The van der Waals surface area contributed by atoms with Crippen LogP contribution in [0, 0.1) is 5.92 Å². The normalized spacial score (nSPS) is 20.4. The number of hydrogen-bond acceptors (Lipinski definition) is 4. The van der Waals surface area contributed by atoms with Crippen LogP contribution >= 0.6 is 0 Å². The van der Waals surface area contributed by atoms with E-state index < -0.39 is 10.0 Å². The highest BCUT2D eigenvalue weighted by Gasteiger charge is 2.25. The molecule has 1 fully saturated rings. The van der Waals surface area contributed by atoms with Gasteiger partial charge in [-0.1, -0.05) is 18.2 Å². The first-order chi connectivity index (χ1) is 10.0. The van der Waals surface area contributed by atoms with E-state index in [1.165, 1.54) is 6.26 Å². The van der Waals surface area contributed by atoms with E-state index in [1.54, 1.807) is 11.4 Å². The summed E-state index contributed by atoms with van der Waals surface area (Å²) in [5.74, 6) is 0.351. The van der Waals surface area contributed by atoms with Gasteiger partial charge in [-0.3, -0.25) is 0 Å². The molecule has 0 saturated carbocycles. The molecule has 1 N–H and O–H groups in total. The standard InChI is InChI=1S/C15H24N2O3S/c1-20-12-14-7-3-4-8-15(14)16-10-13-6-5-9-17(11-13)21(2,18)19/h3-4,7-8,13,16H,5-6,9-12H2,1-2H3. The van der Waals surface area contributed by atoms with Gasteiger partial charge in [-0.05, 0) is 24.8 Å². The highest BCUT2D eigenvalue weighted by Crippen LogP contribution is 2.21. The quantitative estimate of drug-likeness (QED) is 0.872. The second kappa shape index (κ2) is 7.24. The Kier molecular flexibility index (Phi) is 5.61. The lowest BCUT2D eigenvalue weighted by Crippen LogP contribution is -2.41. The molecule has 5 nitrogen and oxygen atoms in total. The molecule has 2 rings (SSSR count). The van der Waals surface area contributed by atoms with Gasteiger partial charge in [0.15, 0.2) is 0 Å². The molecule has 0 aliphatic carbocycles. The number of hydrogen-bond donors (Lipinski definition) is 1. The predicted molar refractivity (Wildman–Crippen MR) is 84.8 cm³/mol. The van der Waals surface area contributed by atoms with Crippen molar-refractivity contribution in [1.82, 2.24) is 4.31 Å². The van der Waals surface area contributed by atoms with Crippen LogP contribution in [-0.4, -0.2) is 45.7 Å². The van der Waals surface area contributed by atoms with Crippen LogP contribution < -0.4 is 5.32 Å². The van der Waals surface area contributed by atoms with E-state index in [9.17, 15) is 8.42 Å². The zero-order chi connectivity index (χ0) is 15.3. The molecular weight excluding hydrogens is 288 g/mol. The van der Waals surface area contributed by atoms with E-state index in [0.29, 0.717) is 25.6 Å². The number of methoxy groups -OCH3 is 1. The molecule has 0 bridgehead atoms. The number of para-hydroxylation sites is 1. The first-order valence-electron chi connectivity index (χ1n) is 7.26. The molecule has 0 radical (unpaired) electrons. The van der Waals surface area contributed by atoms with Crippen molar-refractivity contribution in [2.45, 2.75) is 19.4 Å². The minimum atomic E-state index is -3.07. The maximum atomic E-state index is 11.6. The summed E-state index contributed by atoms with van der Waals surface area (Å²) < 4.78 is 30.1. The van der Waals surface area contributed by atoms with E-state index in [0.717, 1.165) is 30.6 Å². The van der Waals surface area contributed by atoms with E-state index >= 15 is 0 Å². The van der Waals surface area contributed by atoms with Crippen molar-refractivity contribution < 1.29 is 13.2 Å². The van der Waals surface area contributed by atoms with Crippen LogP contribution in [0.3, 0.4) is 0 Å². The van der Waals surface area contributed by atoms with Gasteiger partial charge in [0.25, 0.3) is 0 Å². The van der Waals surface area contributed by atoms with Crippen LogP contribution in [0.4, 0.5) is 5.69 Å². The third-order valence-corrected chi connectivity index (χ3v) is 5.12. The van der Waals surface area contributed by atoms with E-state index in [2.05, 4.69) is 5.32 Å². The molecule has 21 heavy (non-hydrogen) atoms. The summed E-state index contributed by atoms with van der Waals surface area (Å²) in [7, 11) is -1.39. The van der Waals surface area contributed by atoms with Gasteiger partial charge >= 0.3 is 0 Å². The molecule has 118 valence electrons. The SMILES string of the molecule is COCc1ccccc1NCC1CCCN(S(C)(=O)=O)C1. The average Bonchev–Trinajstić information content (AvgIpc) is 2.46. The maximum Gasteiger partial charge on any atom is 0.211 e. The third-order valence-electron chi connectivity index (χ3n) is 3.85. The van der Waals surface area contributed by atoms with Gasteiger partial charge in [0.05, 0.1) is 12.9 Å². The van der Waals surface area contributed by atoms with Crippen LogP contribution in [0.25, 0.3) is 0 Å². The Morgan fingerprint density at radius 1 is 1.38 bits per heavy atom. The number of ether oxygens (including phenoxy) is 1. The molecule has 1 unspecified atom stereocenters. The topological polar surface area (TPSA) is 58.6 Å². The fourth-order valence-electron chi connectivity index (χ4n) is 2.72. The zero-order valence-corrected chi connectivity index (χ0v) is 13.5. The lowest BCUT2D eigenvalue weighted by atomic mass is 9.99. The fourth-order valence-corrected chi connectivity index (χ4v) is 3.67. The molecule has 1 aromatic carbocycles. The van der Waals surface area contributed by atoms with Gasteiger partial charge in [0, 0.05) is 38.0 Å². The molecule has 1 aliphatic rings. The molecule has 1 saturated heterocycles. The number of sulfonamides is 1. The van der Waals surface area contributed by atoms with Crippen molar-refractivity contribution in [1.29, 1.82) is 0 Å². The number of nitrogens with one attached hydrogen (secondary N) is 1. The Hall–Kier alpha value is -1.11. The molecule has 1 aromatic rings. The Labute approximate surface area is 127 Å². The molecule has 1 atom stereocenters. The van der Waals surface area contributed by atoms with Crippen molar-refractivity contribution in [3.05, 3.63) is 29.8 Å². The lowest BCUT2D eigenvalue weighted by Gasteiger charge is -2.31. The van der Waals surface area contributed by atoms with Gasteiger partial charge in [-0.2, -0.15) is 0 Å². The van der Waals surface area contributed by atoms with Gasteiger partial charge in [0.1, 0.15) is 0 Å². The Morgan fingerprint density at radius 2 is 2.14 bits per heavy atom. The average molecular weight is 312 g/mol. The summed E-state index contributed by atoms with van der Waals surface area (Å²) in [6.07, 6.45) is 3.28. The second-order valence-corrected chi connectivity index (χ2v) is 7.58. The lowest BCUT2D eigenvalue weighted by molar-refractivity contribution is 0.185. The summed E-state index contributed by atoms with van der Waals surface area (Å²) in [4.78, 5) is 0. The molecular formula is C15H24N2O3S. The smallest absolute Gasteiger partial charge is 0.211 e. The first-order valence-corrected chi connectivity index (χ1v) is 9.11. The second-order valence-electron chi connectivity index (χ2n) is 5.60.